The lowest BCUT2D eigenvalue weighted by atomic mass is 10.1. The van der Waals surface area contributed by atoms with Gasteiger partial charge < -0.3 is 15.4 Å². The summed E-state index contributed by atoms with van der Waals surface area (Å²) in [5.74, 6) is 0.386. The van der Waals surface area contributed by atoms with Gasteiger partial charge in [0.1, 0.15) is 6.20 Å². The number of ether oxygens (including phenoxy) is 1. The second-order valence-corrected chi connectivity index (χ2v) is 4.48. The molecule has 100 valence electrons. The van der Waals surface area contributed by atoms with Crippen LogP contribution in [-0.4, -0.2) is 46.5 Å². The van der Waals surface area contributed by atoms with Crippen LogP contribution >= 0.6 is 0 Å². The number of nitro groups is 1. The Morgan fingerprint density at radius 2 is 2.44 bits per heavy atom. The molecule has 18 heavy (non-hydrogen) atoms. The Balaban J connectivity index is 2.23. The molecule has 2 N–H and O–H groups in total. The molecule has 0 spiro atoms. The fourth-order valence-corrected chi connectivity index (χ4v) is 2.00. The lowest BCUT2D eigenvalue weighted by molar-refractivity contribution is -0.384. The molecule has 1 aliphatic rings. The monoisotopic (exact) mass is 255 g/mol. The third kappa shape index (κ3) is 2.44. The quantitative estimate of drug-likeness (QED) is 0.597. The zero-order valence-electron chi connectivity index (χ0n) is 10.4. The van der Waals surface area contributed by atoms with E-state index in [1.165, 1.54) is 10.9 Å². The summed E-state index contributed by atoms with van der Waals surface area (Å²) in [6.45, 7) is 3.47. The van der Waals surface area contributed by atoms with E-state index >= 15 is 0 Å². The fourth-order valence-electron chi connectivity index (χ4n) is 2.00. The predicted octanol–water partition coefficient (Wildman–Crippen LogP) is -0.119. The zero-order valence-corrected chi connectivity index (χ0v) is 10.4. The Hall–Kier alpha value is -1.67. The molecule has 2 atom stereocenters. The minimum absolute atomic E-state index is 0.0165. The van der Waals surface area contributed by atoms with Crippen molar-refractivity contribution in [2.75, 3.05) is 24.6 Å². The van der Waals surface area contributed by atoms with Crippen molar-refractivity contribution < 1.29 is 9.66 Å². The van der Waals surface area contributed by atoms with E-state index in [4.69, 9.17) is 10.5 Å². The van der Waals surface area contributed by atoms with Crippen LogP contribution in [0.4, 0.5) is 11.5 Å². The molecule has 1 aromatic rings. The summed E-state index contributed by atoms with van der Waals surface area (Å²) in [6.07, 6.45) is 1.28. The van der Waals surface area contributed by atoms with E-state index in [9.17, 15) is 10.1 Å². The van der Waals surface area contributed by atoms with Crippen molar-refractivity contribution in [3.05, 3.63) is 16.3 Å². The number of morpholine rings is 1. The maximum atomic E-state index is 11.0. The molecule has 0 bridgehead atoms. The van der Waals surface area contributed by atoms with Gasteiger partial charge in [0.05, 0.1) is 17.6 Å². The molecule has 1 saturated heterocycles. The van der Waals surface area contributed by atoms with Crippen LogP contribution in [0.3, 0.4) is 0 Å². The highest BCUT2D eigenvalue weighted by atomic mass is 16.6. The van der Waals surface area contributed by atoms with E-state index in [0.717, 1.165) is 0 Å². The van der Waals surface area contributed by atoms with Gasteiger partial charge in [-0.2, -0.15) is 0 Å². The van der Waals surface area contributed by atoms with Crippen molar-refractivity contribution in [1.29, 1.82) is 0 Å². The second kappa shape index (κ2) is 4.91. The van der Waals surface area contributed by atoms with Crippen LogP contribution in [0.5, 0.6) is 0 Å². The van der Waals surface area contributed by atoms with E-state index in [1.54, 1.807) is 7.05 Å². The van der Waals surface area contributed by atoms with Gasteiger partial charge in [0.2, 0.25) is 5.82 Å². The van der Waals surface area contributed by atoms with Crippen molar-refractivity contribution in [2.45, 2.75) is 19.1 Å². The van der Waals surface area contributed by atoms with Gasteiger partial charge in [-0.05, 0) is 6.92 Å². The molecular weight excluding hydrogens is 238 g/mol. The highest BCUT2D eigenvalue weighted by Gasteiger charge is 2.30. The molecule has 0 saturated carbocycles. The smallest absolute Gasteiger partial charge is 0.330 e. The molecular formula is C10H17N5O3. The van der Waals surface area contributed by atoms with Crippen LogP contribution in [0.25, 0.3) is 0 Å². The molecule has 1 fully saturated rings. The summed E-state index contributed by atoms with van der Waals surface area (Å²) in [5.41, 5.74) is 5.82. The number of anilines is 1. The molecule has 0 amide bonds. The minimum Gasteiger partial charge on any atom is -0.373 e. The number of rotatable bonds is 3. The van der Waals surface area contributed by atoms with Crippen molar-refractivity contribution in [3.8, 4) is 0 Å². The minimum atomic E-state index is -0.418. The highest BCUT2D eigenvalue weighted by molar-refractivity contribution is 5.57. The van der Waals surface area contributed by atoms with Crippen molar-refractivity contribution >= 4 is 11.5 Å². The first-order chi connectivity index (χ1) is 8.49. The van der Waals surface area contributed by atoms with Gasteiger partial charge in [-0.1, -0.05) is 0 Å². The summed E-state index contributed by atoms with van der Waals surface area (Å²) >= 11 is 0. The summed E-state index contributed by atoms with van der Waals surface area (Å²) < 4.78 is 6.98. The maximum Gasteiger partial charge on any atom is 0.330 e. The average molecular weight is 255 g/mol. The molecule has 2 heterocycles. The van der Waals surface area contributed by atoms with Crippen LogP contribution in [-0.2, 0) is 11.8 Å². The predicted molar refractivity (Wildman–Crippen MR) is 65.5 cm³/mol. The molecule has 1 aromatic heterocycles. The van der Waals surface area contributed by atoms with E-state index < -0.39 is 4.92 Å². The fraction of sp³-hybridized carbons (Fsp3) is 0.700. The molecule has 2 unspecified atom stereocenters. The number of nitrogens with zero attached hydrogens (tertiary/aromatic N) is 4. The summed E-state index contributed by atoms with van der Waals surface area (Å²) in [5, 5.41) is 15.1. The van der Waals surface area contributed by atoms with E-state index in [-0.39, 0.29) is 17.8 Å². The van der Waals surface area contributed by atoms with E-state index in [2.05, 4.69) is 5.10 Å². The number of nitrogens with two attached hydrogens (primary N) is 1. The molecule has 1 aliphatic heterocycles. The van der Waals surface area contributed by atoms with Crippen molar-refractivity contribution in [1.82, 2.24) is 9.78 Å². The van der Waals surface area contributed by atoms with Crippen LogP contribution < -0.4 is 10.6 Å². The number of aryl methyl sites for hydroxylation is 1. The topological polar surface area (TPSA) is 99.5 Å². The lowest BCUT2D eigenvalue weighted by Crippen LogP contribution is -2.49. The SMILES string of the molecule is CC(N)C1CN(c2nn(C)cc2[N+](=O)[O-])CCO1. The third-order valence-corrected chi connectivity index (χ3v) is 2.97. The van der Waals surface area contributed by atoms with Gasteiger partial charge in [-0.3, -0.25) is 14.8 Å². The second-order valence-electron chi connectivity index (χ2n) is 4.48. The Labute approximate surface area is 104 Å². The van der Waals surface area contributed by atoms with Crippen molar-refractivity contribution in [2.24, 2.45) is 12.8 Å². The maximum absolute atomic E-state index is 11.0. The zero-order chi connectivity index (χ0) is 13.3. The van der Waals surface area contributed by atoms with E-state index in [1.807, 2.05) is 11.8 Å². The first-order valence-electron chi connectivity index (χ1n) is 5.79. The normalized spacial score (nSPS) is 21.9. The van der Waals surface area contributed by atoms with Gasteiger partial charge >= 0.3 is 5.69 Å². The molecule has 8 heteroatoms. The average Bonchev–Trinajstić information content (AvgIpc) is 2.72. The van der Waals surface area contributed by atoms with Gasteiger partial charge in [-0.15, -0.1) is 5.10 Å². The third-order valence-electron chi connectivity index (χ3n) is 2.97. The number of hydrogen-bond donors (Lipinski definition) is 1. The summed E-state index contributed by atoms with van der Waals surface area (Å²) in [7, 11) is 1.67. The lowest BCUT2D eigenvalue weighted by Gasteiger charge is -2.34. The Kier molecular flexibility index (Phi) is 3.48. The Morgan fingerprint density at radius 3 is 3.06 bits per heavy atom. The number of hydrogen-bond acceptors (Lipinski definition) is 6. The Morgan fingerprint density at radius 1 is 1.72 bits per heavy atom. The van der Waals surface area contributed by atoms with Gasteiger partial charge in [-0.25, -0.2) is 0 Å². The molecule has 0 radical (unpaired) electrons. The standard InChI is InChI=1S/C10H17N5O3/c1-7(11)9-6-14(3-4-18-9)10-8(15(16)17)5-13(2)12-10/h5,7,9H,3-4,6,11H2,1-2H3. The molecule has 8 nitrogen and oxygen atoms in total. The van der Waals surface area contributed by atoms with Gasteiger partial charge in [0, 0.05) is 26.2 Å². The molecule has 0 aliphatic carbocycles. The molecule has 2 rings (SSSR count). The highest BCUT2D eigenvalue weighted by Crippen LogP contribution is 2.27. The number of aromatic nitrogens is 2. The van der Waals surface area contributed by atoms with Crippen LogP contribution in [0.2, 0.25) is 0 Å². The van der Waals surface area contributed by atoms with E-state index in [0.29, 0.717) is 25.5 Å². The summed E-state index contributed by atoms with van der Waals surface area (Å²) in [6, 6.07) is -0.115. The van der Waals surface area contributed by atoms with Crippen molar-refractivity contribution in [3.63, 3.8) is 0 Å². The van der Waals surface area contributed by atoms with Crippen LogP contribution in [0.1, 0.15) is 6.92 Å². The van der Waals surface area contributed by atoms with Crippen LogP contribution in [0, 0.1) is 10.1 Å². The van der Waals surface area contributed by atoms with Gasteiger partial charge in [0.25, 0.3) is 0 Å². The first-order valence-corrected chi connectivity index (χ1v) is 5.79. The van der Waals surface area contributed by atoms with Gasteiger partial charge in [0.15, 0.2) is 0 Å². The Bertz CT molecular complexity index is 445. The largest absolute Gasteiger partial charge is 0.373 e. The summed E-state index contributed by atoms with van der Waals surface area (Å²) in [4.78, 5) is 12.4. The first kappa shape index (κ1) is 12.8. The van der Waals surface area contributed by atoms with Crippen LogP contribution in [0.15, 0.2) is 6.20 Å². The molecule has 0 aromatic carbocycles.